The van der Waals surface area contributed by atoms with Crippen molar-refractivity contribution < 1.29 is 28.0 Å². The van der Waals surface area contributed by atoms with E-state index in [1.54, 1.807) is 6.92 Å². The summed E-state index contributed by atoms with van der Waals surface area (Å²) in [4.78, 5) is 12.1. The third kappa shape index (κ3) is 4.11. The number of carbonyl (C=O) groups is 1. The molecule has 0 heterocycles. The van der Waals surface area contributed by atoms with Crippen LogP contribution in [0.15, 0.2) is 42.5 Å². The second-order valence-electron chi connectivity index (χ2n) is 4.98. The van der Waals surface area contributed by atoms with E-state index in [1.807, 2.05) is 0 Å². The predicted octanol–water partition coefficient (Wildman–Crippen LogP) is 1.95. The normalized spacial score (nSPS) is 11.2. The first kappa shape index (κ1) is 17.0. The Bertz CT molecular complexity index is 732. The fourth-order valence-electron chi connectivity index (χ4n) is 2.04. The minimum absolute atomic E-state index is 0.00324. The van der Waals surface area contributed by atoms with E-state index in [4.69, 9.17) is 0 Å². The van der Waals surface area contributed by atoms with Crippen LogP contribution >= 0.6 is 0 Å². The highest BCUT2D eigenvalue weighted by Gasteiger charge is 2.30. The number of hydrogen-bond donors (Lipinski definition) is 3. The Hall–Kier alpha value is -2.32. The van der Waals surface area contributed by atoms with Crippen LogP contribution in [-0.2, 0) is 6.18 Å². The van der Waals surface area contributed by atoms with Gasteiger partial charge in [-0.25, -0.2) is 0 Å². The lowest BCUT2D eigenvalue weighted by Gasteiger charge is -2.11. The zero-order valence-corrected chi connectivity index (χ0v) is 12.1. The quantitative estimate of drug-likeness (QED) is 0.756. The molecule has 0 bridgehead atoms. The lowest BCUT2D eigenvalue weighted by atomic mass is 9.76. The molecule has 0 saturated carbocycles. The molecule has 3 N–H and O–H groups in total. The Morgan fingerprint density at radius 1 is 1.13 bits per heavy atom. The summed E-state index contributed by atoms with van der Waals surface area (Å²) < 4.78 is 37.9. The van der Waals surface area contributed by atoms with Crippen LogP contribution in [0.3, 0.4) is 0 Å². The third-order valence-corrected chi connectivity index (χ3v) is 3.27. The second kappa shape index (κ2) is 6.43. The van der Waals surface area contributed by atoms with Gasteiger partial charge in [-0.1, -0.05) is 17.7 Å². The number of amides is 1. The Kier molecular flexibility index (Phi) is 4.77. The zero-order valence-electron chi connectivity index (χ0n) is 12.1. The molecule has 2 rings (SSSR count). The Labute approximate surface area is 130 Å². The topological polar surface area (TPSA) is 69.6 Å². The van der Waals surface area contributed by atoms with Gasteiger partial charge in [0.05, 0.1) is 5.56 Å². The molecule has 0 aromatic heterocycles. The van der Waals surface area contributed by atoms with Gasteiger partial charge in [0, 0.05) is 11.3 Å². The molecule has 8 heteroatoms. The summed E-state index contributed by atoms with van der Waals surface area (Å²) in [5.41, 5.74) is -0.0319. The average Bonchev–Trinajstić information content (AvgIpc) is 2.46. The molecule has 1 amide bonds. The fourth-order valence-corrected chi connectivity index (χ4v) is 2.04. The van der Waals surface area contributed by atoms with Gasteiger partial charge in [0.25, 0.3) is 5.91 Å². The van der Waals surface area contributed by atoms with E-state index in [0.717, 1.165) is 12.1 Å². The summed E-state index contributed by atoms with van der Waals surface area (Å²) in [6.07, 6.45) is -4.50. The van der Waals surface area contributed by atoms with Gasteiger partial charge in [0.1, 0.15) is 0 Å². The van der Waals surface area contributed by atoms with E-state index in [1.165, 1.54) is 30.3 Å². The second-order valence-corrected chi connectivity index (χ2v) is 4.98. The molecule has 23 heavy (non-hydrogen) atoms. The molecule has 2 aromatic rings. The van der Waals surface area contributed by atoms with Crippen LogP contribution in [0.25, 0.3) is 0 Å². The maximum atomic E-state index is 12.6. The molecule has 2 aromatic carbocycles. The Balaban J connectivity index is 2.25. The van der Waals surface area contributed by atoms with Gasteiger partial charge in [-0.05, 0) is 42.7 Å². The monoisotopic (exact) mass is 323 g/mol. The van der Waals surface area contributed by atoms with Crippen molar-refractivity contribution in [1.29, 1.82) is 0 Å². The minimum atomic E-state index is -4.50. The van der Waals surface area contributed by atoms with Crippen LogP contribution in [0.5, 0.6) is 0 Å². The summed E-state index contributed by atoms with van der Waals surface area (Å²) in [7, 11) is -1.74. The number of hydrogen-bond acceptors (Lipinski definition) is 3. The predicted molar refractivity (Wildman–Crippen MR) is 80.4 cm³/mol. The smallest absolute Gasteiger partial charge is 0.423 e. The average molecular weight is 323 g/mol. The van der Waals surface area contributed by atoms with Crippen molar-refractivity contribution in [2.45, 2.75) is 13.1 Å². The Morgan fingerprint density at radius 2 is 1.83 bits per heavy atom. The van der Waals surface area contributed by atoms with E-state index < -0.39 is 24.8 Å². The van der Waals surface area contributed by atoms with Gasteiger partial charge in [-0.2, -0.15) is 13.2 Å². The summed E-state index contributed by atoms with van der Waals surface area (Å²) in [5, 5.41) is 20.8. The standard InChI is InChI=1S/C15H13BF3NO3/c1-9-5-6-10(7-13(9)16(22)23)14(21)20-12-4-2-3-11(8-12)15(17,18)19/h2-8,22-23H,1H3,(H,20,21). The van der Waals surface area contributed by atoms with E-state index in [2.05, 4.69) is 5.32 Å². The van der Waals surface area contributed by atoms with Crippen LogP contribution in [-0.4, -0.2) is 23.1 Å². The Morgan fingerprint density at radius 3 is 2.43 bits per heavy atom. The van der Waals surface area contributed by atoms with Crippen molar-refractivity contribution in [3.63, 3.8) is 0 Å². The molecular weight excluding hydrogens is 310 g/mol. The van der Waals surface area contributed by atoms with Crippen LogP contribution in [0.1, 0.15) is 21.5 Å². The molecule has 0 aliphatic carbocycles. The summed E-state index contributed by atoms with van der Waals surface area (Å²) in [6.45, 7) is 1.64. The third-order valence-electron chi connectivity index (χ3n) is 3.27. The van der Waals surface area contributed by atoms with Gasteiger partial charge >= 0.3 is 13.3 Å². The van der Waals surface area contributed by atoms with Crippen molar-refractivity contribution in [2.75, 3.05) is 5.32 Å². The largest absolute Gasteiger partial charge is 0.488 e. The van der Waals surface area contributed by atoms with E-state index in [9.17, 15) is 28.0 Å². The highest BCUT2D eigenvalue weighted by atomic mass is 19.4. The van der Waals surface area contributed by atoms with Crippen LogP contribution in [0, 0.1) is 6.92 Å². The molecule has 0 saturated heterocycles. The molecule has 0 aliphatic heterocycles. The molecule has 0 fully saturated rings. The van der Waals surface area contributed by atoms with Crippen molar-refractivity contribution in [1.82, 2.24) is 0 Å². The highest BCUT2D eigenvalue weighted by molar-refractivity contribution is 6.59. The molecule has 0 radical (unpaired) electrons. The van der Waals surface area contributed by atoms with Gasteiger partial charge in [-0.3, -0.25) is 4.79 Å². The number of aryl methyl sites for hydroxylation is 1. The summed E-state index contributed by atoms with van der Waals surface area (Å²) in [5.74, 6) is -0.647. The number of halogens is 3. The highest BCUT2D eigenvalue weighted by Crippen LogP contribution is 2.30. The van der Waals surface area contributed by atoms with E-state index in [-0.39, 0.29) is 16.7 Å². The molecule has 0 spiro atoms. The number of anilines is 1. The summed E-state index contributed by atoms with van der Waals surface area (Å²) in [6, 6.07) is 8.51. The van der Waals surface area contributed by atoms with Crippen molar-refractivity contribution >= 4 is 24.2 Å². The molecule has 120 valence electrons. The maximum absolute atomic E-state index is 12.6. The van der Waals surface area contributed by atoms with Crippen molar-refractivity contribution in [3.8, 4) is 0 Å². The maximum Gasteiger partial charge on any atom is 0.488 e. The number of nitrogens with one attached hydrogen (secondary N) is 1. The van der Waals surface area contributed by atoms with Crippen LogP contribution in [0.2, 0.25) is 0 Å². The van der Waals surface area contributed by atoms with Gasteiger partial charge < -0.3 is 15.4 Å². The zero-order chi connectivity index (χ0) is 17.2. The number of rotatable bonds is 3. The van der Waals surface area contributed by atoms with Gasteiger partial charge in [0.2, 0.25) is 0 Å². The minimum Gasteiger partial charge on any atom is -0.423 e. The molecular formula is C15H13BF3NO3. The lowest BCUT2D eigenvalue weighted by molar-refractivity contribution is -0.137. The van der Waals surface area contributed by atoms with E-state index in [0.29, 0.717) is 5.56 Å². The van der Waals surface area contributed by atoms with Crippen LogP contribution in [0.4, 0.5) is 18.9 Å². The first-order chi connectivity index (χ1) is 10.7. The van der Waals surface area contributed by atoms with E-state index >= 15 is 0 Å². The molecule has 0 aliphatic rings. The first-order valence-electron chi connectivity index (χ1n) is 6.64. The van der Waals surface area contributed by atoms with Gasteiger partial charge in [0.15, 0.2) is 0 Å². The molecule has 0 atom stereocenters. The SMILES string of the molecule is Cc1ccc(C(=O)Nc2cccc(C(F)(F)F)c2)cc1B(O)O. The summed E-state index contributed by atoms with van der Waals surface area (Å²) >= 11 is 0. The van der Waals surface area contributed by atoms with Crippen molar-refractivity contribution in [2.24, 2.45) is 0 Å². The number of benzene rings is 2. The van der Waals surface area contributed by atoms with Crippen LogP contribution < -0.4 is 10.8 Å². The van der Waals surface area contributed by atoms with Crippen molar-refractivity contribution in [3.05, 3.63) is 59.2 Å². The fraction of sp³-hybridized carbons (Fsp3) is 0.133. The van der Waals surface area contributed by atoms with Gasteiger partial charge in [-0.15, -0.1) is 0 Å². The number of carbonyl (C=O) groups excluding carboxylic acids is 1. The number of alkyl halides is 3. The lowest BCUT2D eigenvalue weighted by Crippen LogP contribution is -2.33. The first-order valence-corrected chi connectivity index (χ1v) is 6.64. The molecule has 4 nitrogen and oxygen atoms in total. The molecule has 0 unspecified atom stereocenters.